The summed E-state index contributed by atoms with van der Waals surface area (Å²) in [5, 5.41) is 17.4. The summed E-state index contributed by atoms with van der Waals surface area (Å²) in [7, 11) is 0. The Morgan fingerprint density at radius 3 is 2.44 bits per heavy atom. The molecule has 0 bridgehead atoms. The van der Waals surface area contributed by atoms with Crippen molar-refractivity contribution in [2.75, 3.05) is 5.32 Å². The normalized spacial score (nSPS) is 10.7. The Kier molecular flexibility index (Phi) is 6.16. The predicted molar refractivity (Wildman–Crippen MR) is 122 cm³/mol. The Labute approximate surface area is 191 Å². The molecule has 3 aromatic carbocycles. The monoisotopic (exact) mass is 470 g/mol. The molecule has 0 aliphatic heterocycles. The van der Waals surface area contributed by atoms with Crippen molar-refractivity contribution in [3.05, 3.63) is 103 Å². The standard InChI is InChI=1S/C22H16Cl2N4O4/c23-17-9-15(28-22(31)27-20(30)12-26-28)10-18(24)21(17)32-16-6-7-19(29)13(8-16)11-25-14-4-2-1-3-5-14/h1-10,12,25,29H,11H2,(H,27,30,31). The van der Waals surface area contributed by atoms with Gasteiger partial charge in [0.1, 0.15) is 17.7 Å². The highest BCUT2D eigenvalue weighted by Crippen LogP contribution is 2.39. The molecule has 8 nitrogen and oxygen atoms in total. The molecule has 0 atom stereocenters. The van der Waals surface area contributed by atoms with E-state index in [1.54, 1.807) is 12.1 Å². The zero-order valence-corrected chi connectivity index (χ0v) is 17.9. The number of aromatic nitrogens is 3. The maximum Gasteiger partial charge on any atom is 0.349 e. The lowest BCUT2D eigenvalue weighted by atomic mass is 10.2. The maximum atomic E-state index is 12.0. The number of nitrogens with one attached hydrogen (secondary N) is 2. The SMILES string of the molecule is O=c1cnn(-c2cc(Cl)c(Oc3ccc(O)c(CNc4ccccc4)c3)c(Cl)c2)c(=O)[nH]1. The quantitative estimate of drug-likeness (QED) is 0.386. The van der Waals surface area contributed by atoms with Gasteiger partial charge in [0.05, 0.1) is 15.7 Å². The minimum absolute atomic E-state index is 0.108. The molecule has 0 saturated heterocycles. The topological polar surface area (TPSA) is 109 Å². The highest BCUT2D eigenvalue weighted by Gasteiger charge is 2.14. The summed E-state index contributed by atoms with van der Waals surface area (Å²) < 4.78 is 6.81. The van der Waals surface area contributed by atoms with Gasteiger partial charge in [-0.25, -0.2) is 4.79 Å². The smallest absolute Gasteiger partial charge is 0.349 e. The number of benzene rings is 3. The number of phenolic OH excluding ortho intramolecular Hbond substituents is 1. The van der Waals surface area contributed by atoms with Gasteiger partial charge in [-0.3, -0.25) is 9.78 Å². The number of aromatic amines is 1. The second-order valence-corrected chi connectivity index (χ2v) is 7.52. The minimum atomic E-state index is -0.729. The van der Waals surface area contributed by atoms with Crippen LogP contribution in [0.1, 0.15) is 5.56 Å². The summed E-state index contributed by atoms with van der Waals surface area (Å²) in [5.74, 6) is 0.683. The third-order valence-electron chi connectivity index (χ3n) is 4.47. The second-order valence-electron chi connectivity index (χ2n) is 6.70. The van der Waals surface area contributed by atoms with E-state index >= 15 is 0 Å². The molecule has 4 aromatic rings. The second kappa shape index (κ2) is 9.17. The number of rotatable bonds is 6. The van der Waals surface area contributed by atoms with Crippen LogP contribution in [-0.4, -0.2) is 19.9 Å². The first-order valence-electron chi connectivity index (χ1n) is 9.37. The van der Waals surface area contributed by atoms with E-state index in [-0.39, 0.29) is 27.2 Å². The van der Waals surface area contributed by atoms with Gasteiger partial charge in [-0.15, -0.1) is 0 Å². The summed E-state index contributed by atoms with van der Waals surface area (Å²) in [5.41, 5.74) is 0.429. The summed E-state index contributed by atoms with van der Waals surface area (Å²) in [4.78, 5) is 25.3. The number of phenols is 1. The van der Waals surface area contributed by atoms with Gasteiger partial charge in [0, 0.05) is 17.8 Å². The third kappa shape index (κ3) is 4.77. The van der Waals surface area contributed by atoms with Crippen molar-refractivity contribution in [2.24, 2.45) is 0 Å². The lowest BCUT2D eigenvalue weighted by Gasteiger charge is -2.14. The van der Waals surface area contributed by atoms with E-state index in [1.165, 1.54) is 18.2 Å². The van der Waals surface area contributed by atoms with Crippen molar-refractivity contribution in [2.45, 2.75) is 6.54 Å². The van der Waals surface area contributed by atoms with E-state index in [0.717, 1.165) is 16.6 Å². The molecule has 0 saturated carbocycles. The van der Waals surface area contributed by atoms with Crippen molar-refractivity contribution in [3.8, 4) is 22.9 Å². The Bertz CT molecular complexity index is 1360. The third-order valence-corrected chi connectivity index (χ3v) is 5.03. The molecular weight excluding hydrogens is 455 g/mol. The van der Waals surface area contributed by atoms with E-state index in [0.29, 0.717) is 17.9 Å². The molecule has 0 spiro atoms. The van der Waals surface area contributed by atoms with Crippen LogP contribution in [0.15, 0.2) is 76.4 Å². The highest BCUT2D eigenvalue weighted by molar-refractivity contribution is 6.37. The molecule has 0 amide bonds. The molecule has 10 heteroatoms. The number of hydrogen-bond acceptors (Lipinski definition) is 6. The van der Waals surface area contributed by atoms with Crippen LogP contribution in [0.3, 0.4) is 0 Å². The number of anilines is 1. The summed E-state index contributed by atoms with van der Waals surface area (Å²) in [6.07, 6.45) is 0.967. The molecule has 32 heavy (non-hydrogen) atoms. The molecule has 162 valence electrons. The summed E-state index contributed by atoms with van der Waals surface area (Å²) in [6, 6.07) is 17.2. The Morgan fingerprint density at radius 2 is 1.75 bits per heavy atom. The van der Waals surface area contributed by atoms with Gasteiger partial charge in [0.25, 0.3) is 5.56 Å². The fourth-order valence-electron chi connectivity index (χ4n) is 2.94. The van der Waals surface area contributed by atoms with Gasteiger partial charge in [0.15, 0.2) is 5.75 Å². The number of nitrogens with zero attached hydrogens (tertiary/aromatic N) is 2. The van der Waals surface area contributed by atoms with Crippen LogP contribution in [0.25, 0.3) is 5.69 Å². The lowest BCUT2D eigenvalue weighted by molar-refractivity contribution is 0.459. The van der Waals surface area contributed by atoms with Crippen LogP contribution in [-0.2, 0) is 6.54 Å². The van der Waals surface area contributed by atoms with Crippen LogP contribution < -0.4 is 21.3 Å². The minimum Gasteiger partial charge on any atom is -0.508 e. The largest absolute Gasteiger partial charge is 0.508 e. The maximum absolute atomic E-state index is 12.0. The first-order valence-corrected chi connectivity index (χ1v) is 10.1. The van der Waals surface area contributed by atoms with Crippen molar-refractivity contribution in [3.63, 3.8) is 0 Å². The van der Waals surface area contributed by atoms with Gasteiger partial charge in [-0.05, 0) is 42.5 Å². The molecule has 0 aliphatic carbocycles. The van der Waals surface area contributed by atoms with Crippen molar-refractivity contribution in [1.29, 1.82) is 0 Å². The summed E-state index contributed by atoms with van der Waals surface area (Å²) >= 11 is 12.7. The number of hydrogen-bond donors (Lipinski definition) is 3. The fourth-order valence-corrected chi connectivity index (χ4v) is 3.49. The fraction of sp³-hybridized carbons (Fsp3) is 0.0455. The van der Waals surface area contributed by atoms with Gasteiger partial charge in [0.2, 0.25) is 0 Å². The van der Waals surface area contributed by atoms with Crippen LogP contribution in [0, 0.1) is 0 Å². The molecule has 0 aliphatic rings. The van der Waals surface area contributed by atoms with Crippen LogP contribution in [0.5, 0.6) is 17.2 Å². The van der Waals surface area contributed by atoms with Gasteiger partial charge < -0.3 is 15.2 Å². The van der Waals surface area contributed by atoms with E-state index in [1.807, 2.05) is 30.3 Å². The van der Waals surface area contributed by atoms with Crippen molar-refractivity contribution in [1.82, 2.24) is 14.8 Å². The van der Waals surface area contributed by atoms with Crippen LogP contribution >= 0.6 is 23.2 Å². The molecule has 0 unspecified atom stereocenters. The Morgan fingerprint density at radius 1 is 1.03 bits per heavy atom. The molecule has 3 N–H and O–H groups in total. The average Bonchev–Trinajstić information content (AvgIpc) is 2.77. The van der Waals surface area contributed by atoms with Gasteiger partial charge in [-0.2, -0.15) is 9.78 Å². The number of para-hydroxylation sites is 1. The number of aromatic hydroxyl groups is 1. The highest BCUT2D eigenvalue weighted by atomic mass is 35.5. The molecule has 4 rings (SSSR count). The number of H-pyrrole nitrogens is 1. The van der Waals surface area contributed by atoms with E-state index in [4.69, 9.17) is 27.9 Å². The van der Waals surface area contributed by atoms with E-state index < -0.39 is 11.2 Å². The molecule has 0 radical (unpaired) electrons. The zero-order chi connectivity index (χ0) is 22.7. The Balaban J connectivity index is 1.58. The zero-order valence-electron chi connectivity index (χ0n) is 16.4. The number of ether oxygens (including phenoxy) is 1. The van der Waals surface area contributed by atoms with Crippen LogP contribution in [0.4, 0.5) is 5.69 Å². The molecule has 0 fully saturated rings. The summed E-state index contributed by atoms with van der Waals surface area (Å²) in [6.45, 7) is 0.369. The van der Waals surface area contributed by atoms with Crippen LogP contribution in [0.2, 0.25) is 10.0 Å². The van der Waals surface area contributed by atoms with Gasteiger partial charge >= 0.3 is 5.69 Å². The number of halogens is 2. The van der Waals surface area contributed by atoms with E-state index in [9.17, 15) is 14.7 Å². The predicted octanol–water partition coefficient (Wildman–Crippen LogP) is 4.34. The van der Waals surface area contributed by atoms with Crippen molar-refractivity contribution >= 4 is 28.9 Å². The Hall–Kier alpha value is -3.75. The first kappa shape index (κ1) is 21.5. The average molecular weight is 471 g/mol. The molecule has 1 heterocycles. The van der Waals surface area contributed by atoms with Crippen molar-refractivity contribution < 1.29 is 9.84 Å². The first-order chi connectivity index (χ1) is 15.4. The van der Waals surface area contributed by atoms with E-state index in [2.05, 4.69) is 15.4 Å². The lowest BCUT2D eigenvalue weighted by Crippen LogP contribution is -2.30. The molecule has 1 aromatic heterocycles. The van der Waals surface area contributed by atoms with Gasteiger partial charge in [-0.1, -0.05) is 41.4 Å². The molecular formula is C22H16Cl2N4O4.